The third-order valence-corrected chi connectivity index (χ3v) is 6.16. The van der Waals surface area contributed by atoms with Crippen LogP contribution in [-0.2, 0) is 15.3 Å². The van der Waals surface area contributed by atoms with Gasteiger partial charge in [0.05, 0.1) is 24.8 Å². The summed E-state index contributed by atoms with van der Waals surface area (Å²) in [5.74, 6) is 0.489. The molecule has 3 heteroatoms. The number of nitrogens with zero attached hydrogens (tertiary/aromatic N) is 1. The van der Waals surface area contributed by atoms with Crippen LogP contribution in [0.2, 0.25) is 0 Å². The van der Waals surface area contributed by atoms with E-state index in [2.05, 4.69) is 13.0 Å². The molecule has 26 heavy (non-hydrogen) atoms. The highest BCUT2D eigenvalue weighted by Crippen LogP contribution is 2.48. The average molecular weight is 356 g/mol. The molecule has 1 heterocycles. The second kappa shape index (κ2) is 9.53. The molecule has 1 aromatic rings. The lowest BCUT2D eigenvalue weighted by Crippen LogP contribution is -2.48. The summed E-state index contributed by atoms with van der Waals surface area (Å²) in [5, 5.41) is 9.12. The normalized spacial score (nSPS) is 25.5. The Morgan fingerprint density at radius 2 is 1.73 bits per heavy atom. The van der Waals surface area contributed by atoms with Gasteiger partial charge in [-0.3, -0.25) is 0 Å². The van der Waals surface area contributed by atoms with E-state index in [9.17, 15) is 0 Å². The van der Waals surface area contributed by atoms with Crippen LogP contribution in [0.25, 0.3) is 0 Å². The van der Waals surface area contributed by atoms with Gasteiger partial charge in [-0.1, -0.05) is 57.6 Å². The van der Waals surface area contributed by atoms with Gasteiger partial charge in [-0.2, -0.15) is 5.26 Å². The van der Waals surface area contributed by atoms with Gasteiger partial charge in [-0.15, -0.1) is 0 Å². The van der Waals surface area contributed by atoms with Crippen LogP contribution in [0.4, 0.5) is 0 Å². The molecule has 0 bridgehead atoms. The summed E-state index contributed by atoms with van der Waals surface area (Å²) in [6.45, 7) is 3.80. The zero-order valence-corrected chi connectivity index (χ0v) is 16.2. The highest BCUT2D eigenvalue weighted by Gasteiger charge is 2.48. The molecule has 1 saturated heterocycles. The summed E-state index contributed by atoms with van der Waals surface area (Å²) < 4.78 is 12.8. The molecule has 1 saturated carbocycles. The number of unbranched alkanes of at least 4 members (excludes halogenated alkanes) is 3. The van der Waals surface area contributed by atoms with Gasteiger partial charge < -0.3 is 9.47 Å². The Kier molecular flexibility index (Phi) is 7.11. The Balaban J connectivity index is 1.83. The van der Waals surface area contributed by atoms with Gasteiger partial charge >= 0.3 is 0 Å². The molecule has 2 unspecified atom stereocenters. The van der Waals surface area contributed by atoms with E-state index in [4.69, 9.17) is 14.7 Å². The van der Waals surface area contributed by atoms with E-state index in [1.165, 1.54) is 57.8 Å². The fourth-order valence-corrected chi connectivity index (χ4v) is 4.81. The number of benzene rings is 1. The maximum atomic E-state index is 9.12. The predicted molar refractivity (Wildman–Crippen MR) is 104 cm³/mol. The molecule has 1 aromatic carbocycles. The average Bonchev–Trinajstić information content (AvgIpc) is 2.72. The first-order valence-corrected chi connectivity index (χ1v) is 10.6. The smallest absolute Gasteiger partial charge is 0.197 e. The van der Waals surface area contributed by atoms with Gasteiger partial charge in [-0.05, 0) is 43.7 Å². The summed E-state index contributed by atoms with van der Waals surface area (Å²) in [7, 11) is 0. The highest BCUT2D eigenvalue weighted by atomic mass is 16.7. The van der Waals surface area contributed by atoms with E-state index in [1.807, 2.05) is 24.3 Å². The lowest BCUT2D eigenvalue weighted by Gasteiger charge is -2.48. The maximum absolute atomic E-state index is 9.12. The first-order valence-electron chi connectivity index (χ1n) is 10.6. The molecular weight excluding hydrogens is 322 g/mol. The van der Waals surface area contributed by atoms with Crippen molar-refractivity contribution in [1.29, 1.82) is 5.26 Å². The van der Waals surface area contributed by atoms with E-state index in [0.717, 1.165) is 25.2 Å². The molecule has 0 radical (unpaired) electrons. The van der Waals surface area contributed by atoms with Gasteiger partial charge in [-0.25, -0.2) is 0 Å². The molecule has 2 atom stereocenters. The standard InChI is InChI=1S/C23H33NO2/c1-2-3-4-5-9-20-10-6-7-11-22(20)23(25-16-8-17-26-23)21-14-12-19(18-24)13-15-21/h12-15,20,22H,2-11,16-17H2,1H3. The first-order chi connectivity index (χ1) is 12.8. The van der Waals surface area contributed by atoms with Crippen LogP contribution >= 0.6 is 0 Å². The van der Waals surface area contributed by atoms with Crippen LogP contribution in [0.5, 0.6) is 0 Å². The predicted octanol–water partition coefficient (Wildman–Crippen LogP) is 5.92. The van der Waals surface area contributed by atoms with E-state index >= 15 is 0 Å². The van der Waals surface area contributed by atoms with Gasteiger partial charge in [0.15, 0.2) is 5.79 Å². The van der Waals surface area contributed by atoms with E-state index < -0.39 is 5.79 Å². The SMILES string of the molecule is CCCCCCC1CCCCC1C1(c2ccc(C#N)cc2)OCCCO1. The molecule has 142 valence electrons. The van der Waals surface area contributed by atoms with Crippen LogP contribution < -0.4 is 0 Å². The van der Waals surface area contributed by atoms with Crippen molar-refractivity contribution in [2.45, 2.75) is 76.9 Å². The third-order valence-electron chi connectivity index (χ3n) is 6.16. The second-order valence-electron chi connectivity index (χ2n) is 7.91. The number of hydrogen-bond donors (Lipinski definition) is 0. The van der Waals surface area contributed by atoms with Crippen molar-refractivity contribution in [3.8, 4) is 6.07 Å². The first kappa shape index (κ1) is 19.4. The number of rotatable bonds is 7. The number of ether oxygens (including phenoxy) is 2. The molecule has 1 aliphatic carbocycles. The summed E-state index contributed by atoms with van der Waals surface area (Å²) in [4.78, 5) is 0. The molecule has 2 aliphatic rings. The van der Waals surface area contributed by atoms with Crippen molar-refractivity contribution in [2.24, 2.45) is 11.8 Å². The Labute approximate surface area is 158 Å². The summed E-state index contributed by atoms with van der Waals surface area (Å²) in [6, 6.07) is 10.1. The van der Waals surface area contributed by atoms with Gasteiger partial charge in [0.25, 0.3) is 0 Å². The molecular formula is C23H33NO2. The fourth-order valence-electron chi connectivity index (χ4n) is 4.81. The van der Waals surface area contributed by atoms with Crippen LogP contribution in [0, 0.1) is 23.2 Å². The zero-order chi connectivity index (χ0) is 18.2. The molecule has 3 nitrogen and oxygen atoms in total. The quantitative estimate of drug-likeness (QED) is 0.570. The summed E-state index contributed by atoms with van der Waals surface area (Å²) in [5.41, 5.74) is 1.79. The van der Waals surface area contributed by atoms with Crippen molar-refractivity contribution < 1.29 is 9.47 Å². The van der Waals surface area contributed by atoms with Crippen LogP contribution in [0.3, 0.4) is 0 Å². The third kappa shape index (κ3) is 4.30. The zero-order valence-electron chi connectivity index (χ0n) is 16.2. The molecule has 0 aromatic heterocycles. The van der Waals surface area contributed by atoms with Gasteiger partial charge in [0.1, 0.15) is 0 Å². The topological polar surface area (TPSA) is 42.2 Å². The van der Waals surface area contributed by atoms with E-state index in [-0.39, 0.29) is 0 Å². The minimum Gasteiger partial charge on any atom is -0.346 e. The van der Waals surface area contributed by atoms with Crippen molar-refractivity contribution in [2.75, 3.05) is 13.2 Å². The van der Waals surface area contributed by atoms with Crippen LogP contribution in [0.1, 0.15) is 82.3 Å². The largest absolute Gasteiger partial charge is 0.346 e. The summed E-state index contributed by atoms with van der Waals surface area (Å²) in [6.07, 6.45) is 12.6. The molecule has 2 fully saturated rings. The molecule has 3 rings (SSSR count). The van der Waals surface area contributed by atoms with Gasteiger partial charge in [0, 0.05) is 11.5 Å². The lowest BCUT2D eigenvalue weighted by atomic mass is 9.70. The monoisotopic (exact) mass is 355 g/mol. The number of hydrogen-bond acceptors (Lipinski definition) is 3. The Hall–Kier alpha value is -1.37. The number of nitriles is 1. The highest BCUT2D eigenvalue weighted by molar-refractivity contribution is 5.34. The molecule has 1 aliphatic heterocycles. The Morgan fingerprint density at radius 3 is 2.42 bits per heavy atom. The van der Waals surface area contributed by atoms with E-state index in [0.29, 0.717) is 17.4 Å². The molecule has 0 spiro atoms. The second-order valence-corrected chi connectivity index (χ2v) is 7.91. The minimum atomic E-state index is -0.609. The Bertz CT molecular complexity index is 583. The van der Waals surface area contributed by atoms with Crippen LogP contribution in [-0.4, -0.2) is 13.2 Å². The van der Waals surface area contributed by atoms with Gasteiger partial charge in [0.2, 0.25) is 0 Å². The maximum Gasteiger partial charge on any atom is 0.197 e. The molecule has 0 N–H and O–H groups in total. The minimum absolute atomic E-state index is 0.422. The summed E-state index contributed by atoms with van der Waals surface area (Å²) >= 11 is 0. The van der Waals surface area contributed by atoms with Crippen molar-refractivity contribution in [3.63, 3.8) is 0 Å². The van der Waals surface area contributed by atoms with Crippen molar-refractivity contribution in [1.82, 2.24) is 0 Å². The Morgan fingerprint density at radius 1 is 1.00 bits per heavy atom. The van der Waals surface area contributed by atoms with Crippen LogP contribution in [0.15, 0.2) is 24.3 Å². The van der Waals surface area contributed by atoms with E-state index in [1.54, 1.807) is 0 Å². The van der Waals surface area contributed by atoms with Crippen molar-refractivity contribution in [3.05, 3.63) is 35.4 Å². The fraction of sp³-hybridized carbons (Fsp3) is 0.696. The lowest BCUT2D eigenvalue weighted by molar-refractivity contribution is -0.316. The molecule has 0 amide bonds. The van der Waals surface area contributed by atoms with Crippen molar-refractivity contribution >= 4 is 0 Å².